The molecule has 3 aromatic rings. The Kier molecular flexibility index (Phi) is 6.94. The van der Waals surface area contributed by atoms with Crippen LogP contribution in [0.1, 0.15) is 56.1 Å². The number of nitrogens with zero attached hydrogens (tertiary/aromatic N) is 4. The molecule has 2 aliphatic rings. The van der Waals surface area contributed by atoms with Crippen molar-refractivity contribution in [1.29, 1.82) is 0 Å². The van der Waals surface area contributed by atoms with Crippen molar-refractivity contribution in [2.45, 2.75) is 71.2 Å². The van der Waals surface area contributed by atoms with E-state index in [1.54, 1.807) is 19.2 Å². The number of nitrogens with one attached hydrogen (secondary N) is 1. The number of carbonyl (C=O) groups is 1. The molecule has 1 aromatic heterocycles. The number of ether oxygens (including phenoxy) is 1. The molecule has 0 bridgehead atoms. The van der Waals surface area contributed by atoms with Gasteiger partial charge in [0, 0.05) is 43.2 Å². The van der Waals surface area contributed by atoms with Crippen LogP contribution in [0.5, 0.6) is 5.75 Å². The van der Waals surface area contributed by atoms with Gasteiger partial charge in [-0.15, -0.1) is 0 Å². The van der Waals surface area contributed by atoms with E-state index in [1.165, 1.54) is 23.3 Å². The molecular weight excluding hydrogens is 469 g/mol. The number of hydrogen-bond acceptors (Lipinski definition) is 4. The topological polar surface area (TPSA) is 62.6 Å². The zero-order chi connectivity index (χ0) is 26.2. The molecule has 2 heterocycles. The van der Waals surface area contributed by atoms with Crippen molar-refractivity contribution in [2.75, 3.05) is 13.7 Å². The third kappa shape index (κ3) is 5.96. The standard InChI is InChI=1S/C29H36FN5O2/c1-29(2,3)31-28(36)34(22-11-12-22)19-26-25-18-33(17-20-5-13-24(37-4)14-6-20)16-15-27(25)35(32-26)23-9-7-21(30)8-10-23/h5-10,13-14,22H,11-12,15-19H2,1-4H3,(H,31,36). The number of benzene rings is 2. The maximum atomic E-state index is 13.6. The van der Waals surface area contributed by atoms with Crippen LogP contribution in [0.3, 0.4) is 0 Å². The molecule has 1 aliphatic carbocycles. The average molecular weight is 506 g/mol. The van der Waals surface area contributed by atoms with Crippen LogP contribution in [-0.4, -0.2) is 50.8 Å². The fourth-order valence-electron chi connectivity index (χ4n) is 4.90. The molecule has 2 amide bonds. The Hall–Kier alpha value is -3.39. The monoisotopic (exact) mass is 505 g/mol. The molecule has 1 fully saturated rings. The van der Waals surface area contributed by atoms with Crippen LogP contribution in [0.4, 0.5) is 9.18 Å². The molecule has 37 heavy (non-hydrogen) atoms. The van der Waals surface area contributed by atoms with Crippen molar-refractivity contribution in [3.63, 3.8) is 0 Å². The summed E-state index contributed by atoms with van der Waals surface area (Å²) in [6.45, 7) is 8.91. The average Bonchev–Trinajstić information content (AvgIpc) is 3.64. The van der Waals surface area contributed by atoms with Crippen LogP contribution in [0.15, 0.2) is 48.5 Å². The lowest BCUT2D eigenvalue weighted by molar-refractivity contribution is 0.181. The molecule has 0 unspecified atom stereocenters. The molecule has 0 atom stereocenters. The van der Waals surface area contributed by atoms with E-state index in [0.717, 1.165) is 61.7 Å². The SMILES string of the molecule is COc1ccc(CN2CCc3c(c(CN(C(=O)NC(C)(C)C)C4CC4)nn3-c3ccc(F)cc3)C2)cc1. The molecule has 1 N–H and O–H groups in total. The summed E-state index contributed by atoms with van der Waals surface area (Å²) >= 11 is 0. The number of aromatic nitrogens is 2. The van der Waals surface area contributed by atoms with E-state index in [9.17, 15) is 9.18 Å². The first-order chi connectivity index (χ1) is 17.7. The number of rotatable bonds is 7. The third-order valence-corrected chi connectivity index (χ3v) is 6.91. The van der Waals surface area contributed by atoms with Gasteiger partial charge in [0.25, 0.3) is 0 Å². The largest absolute Gasteiger partial charge is 0.497 e. The smallest absolute Gasteiger partial charge is 0.318 e. The first kappa shape index (κ1) is 25.3. The quantitative estimate of drug-likeness (QED) is 0.488. The summed E-state index contributed by atoms with van der Waals surface area (Å²) in [7, 11) is 1.67. The Morgan fingerprint density at radius 1 is 1.14 bits per heavy atom. The van der Waals surface area contributed by atoms with Crippen LogP contribution < -0.4 is 10.1 Å². The van der Waals surface area contributed by atoms with E-state index in [1.807, 2.05) is 42.5 Å². The zero-order valence-electron chi connectivity index (χ0n) is 22.1. The van der Waals surface area contributed by atoms with E-state index < -0.39 is 0 Å². The van der Waals surface area contributed by atoms with Gasteiger partial charge in [0.2, 0.25) is 0 Å². The highest BCUT2D eigenvalue weighted by atomic mass is 19.1. The Balaban J connectivity index is 1.44. The van der Waals surface area contributed by atoms with Crippen LogP contribution in [-0.2, 0) is 26.1 Å². The maximum Gasteiger partial charge on any atom is 0.318 e. The summed E-state index contributed by atoms with van der Waals surface area (Å²) in [5, 5.41) is 8.14. The van der Waals surface area contributed by atoms with Crippen LogP contribution in [0, 0.1) is 5.82 Å². The number of fused-ring (bicyclic) bond motifs is 1. The van der Waals surface area contributed by atoms with E-state index >= 15 is 0 Å². The van der Waals surface area contributed by atoms with Crippen molar-refractivity contribution in [2.24, 2.45) is 0 Å². The van der Waals surface area contributed by atoms with E-state index in [-0.39, 0.29) is 23.4 Å². The van der Waals surface area contributed by atoms with Crippen LogP contribution in [0.25, 0.3) is 5.69 Å². The van der Waals surface area contributed by atoms with Crippen molar-refractivity contribution < 1.29 is 13.9 Å². The lowest BCUT2D eigenvalue weighted by Gasteiger charge is -2.30. The fourth-order valence-corrected chi connectivity index (χ4v) is 4.90. The Bertz CT molecular complexity index is 1240. The molecule has 7 nitrogen and oxygen atoms in total. The van der Waals surface area contributed by atoms with Gasteiger partial charge >= 0.3 is 6.03 Å². The summed E-state index contributed by atoms with van der Waals surface area (Å²) < 4.78 is 20.9. The number of halogens is 1. The lowest BCUT2D eigenvalue weighted by Crippen LogP contribution is -2.49. The molecule has 0 saturated heterocycles. The minimum absolute atomic E-state index is 0.0500. The summed E-state index contributed by atoms with van der Waals surface area (Å²) in [5.74, 6) is 0.579. The molecule has 0 spiro atoms. The molecule has 2 aromatic carbocycles. The molecule has 196 valence electrons. The molecule has 1 aliphatic heterocycles. The van der Waals surface area contributed by atoms with Crippen LogP contribution >= 0.6 is 0 Å². The first-order valence-corrected chi connectivity index (χ1v) is 13.0. The van der Waals surface area contributed by atoms with Gasteiger partial charge in [0.15, 0.2) is 0 Å². The first-order valence-electron chi connectivity index (χ1n) is 13.0. The zero-order valence-corrected chi connectivity index (χ0v) is 22.1. The number of urea groups is 1. The highest BCUT2D eigenvalue weighted by molar-refractivity contribution is 5.75. The van der Waals surface area contributed by atoms with Gasteiger partial charge in [0.05, 0.1) is 30.7 Å². The number of amides is 2. The highest BCUT2D eigenvalue weighted by Crippen LogP contribution is 2.32. The van der Waals surface area contributed by atoms with Crippen LogP contribution in [0.2, 0.25) is 0 Å². The summed E-state index contributed by atoms with van der Waals surface area (Å²) in [6.07, 6.45) is 2.86. The molecule has 0 radical (unpaired) electrons. The maximum absolute atomic E-state index is 13.6. The van der Waals surface area contributed by atoms with Gasteiger partial charge in [-0.3, -0.25) is 4.90 Å². The third-order valence-electron chi connectivity index (χ3n) is 6.91. The molecular formula is C29H36FN5O2. The Morgan fingerprint density at radius 2 is 1.84 bits per heavy atom. The second-order valence-corrected chi connectivity index (χ2v) is 11.1. The van der Waals surface area contributed by atoms with Crippen molar-refractivity contribution in [1.82, 2.24) is 24.9 Å². The fraction of sp³-hybridized carbons (Fsp3) is 0.448. The van der Waals surface area contributed by atoms with Crippen molar-refractivity contribution in [3.05, 3.63) is 76.9 Å². The minimum Gasteiger partial charge on any atom is -0.497 e. The second kappa shape index (κ2) is 10.2. The molecule has 5 rings (SSSR count). The predicted octanol–water partition coefficient (Wildman–Crippen LogP) is 5.05. The van der Waals surface area contributed by atoms with Gasteiger partial charge in [-0.1, -0.05) is 12.1 Å². The minimum atomic E-state index is -0.313. The summed E-state index contributed by atoms with van der Waals surface area (Å²) in [4.78, 5) is 17.6. The van der Waals surface area contributed by atoms with Gasteiger partial charge < -0.3 is 15.0 Å². The lowest BCUT2D eigenvalue weighted by atomic mass is 10.0. The molecule has 1 saturated carbocycles. The van der Waals surface area contributed by atoms with E-state index in [4.69, 9.17) is 9.84 Å². The van der Waals surface area contributed by atoms with E-state index in [0.29, 0.717) is 6.54 Å². The Morgan fingerprint density at radius 3 is 2.46 bits per heavy atom. The number of carbonyl (C=O) groups excluding carboxylic acids is 1. The van der Waals surface area contributed by atoms with Crippen molar-refractivity contribution >= 4 is 6.03 Å². The summed E-state index contributed by atoms with van der Waals surface area (Å²) in [6, 6.07) is 14.8. The highest BCUT2D eigenvalue weighted by Gasteiger charge is 2.36. The predicted molar refractivity (Wildman–Crippen MR) is 141 cm³/mol. The van der Waals surface area contributed by atoms with Gasteiger partial charge in [0.1, 0.15) is 11.6 Å². The molecule has 8 heteroatoms. The van der Waals surface area contributed by atoms with E-state index in [2.05, 4.69) is 22.3 Å². The summed E-state index contributed by atoms with van der Waals surface area (Å²) in [5.41, 5.74) is 4.96. The van der Waals surface area contributed by atoms with Crippen molar-refractivity contribution in [3.8, 4) is 11.4 Å². The second-order valence-electron chi connectivity index (χ2n) is 11.1. The normalized spacial score (nSPS) is 15.8. The number of methoxy groups -OCH3 is 1. The van der Waals surface area contributed by atoms with Gasteiger partial charge in [-0.2, -0.15) is 5.10 Å². The van der Waals surface area contributed by atoms with Gasteiger partial charge in [-0.05, 0) is 75.6 Å². The Labute approximate surface area is 218 Å². The van der Waals surface area contributed by atoms with Gasteiger partial charge in [-0.25, -0.2) is 13.9 Å². The number of hydrogen-bond donors (Lipinski definition) is 1.